The number of rotatable bonds is 4. The number of nitrogens with two attached hydrogens (primary N) is 1. The van der Waals surface area contributed by atoms with E-state index in [1.165, 1.54) is 6.33 Å². The van der Waals surface area contributed by atoms with E-state index in [0.29, 0.717) is 16.6 Å². The zero-order valence-electron chi connectivity index (χ0n) is 9.80. The number of aromatic nitrogens is 2. The molecule has 18 heavy (non-hydrogen) atoms. The molecule has 1 atom stereocenters. The molecule has 1 unspecified atom stereocenters. The van der Waals surface area contributed by atoms with Gasteiger partial charge >= 0.3 is 0 Å². The van der Waals surface area contributed by atoms with Gasteiger partial charge in [-0.15, -0.1) is 0 Å². The zero-order chi connectivity index (χ0) is 13.0. The van der Waals surface area contributed by atoms with Crippen LogP contribution >= 0.6 is 11.6 Å². The van der Waals surface area contributed by atoms with Crippen molar-refractivity contribution in [2.75, 3.05) is 7.11 Å². The molecule has 0 aliphatic carbocycles. The Morgan fingerprint density at radius 3 is 2.83 bits per heavy atom. The maximum absolute atomic E-state index is 5.97. The van der Waals surface area contributed by atoms with Crippen molar-refractivity contribution in [1.82, 2.24) is 15.4 Å². The first-order chi connectivity index (χ1) is 8.74. The molecule has 2 aromatic rings. The summed E-state index contributed by atoms with van der Waals surface area (Å²) >= 11 is 5.97. The summed E-state index contributed by atoms with van der Waals surface area (Å²) in [5, 5.41) is 0.647. The van der Waals surface area contributed by atoms with Crippen molar-refractivity contribution in [2.24, 2.45) is 5.84 Å². The van der Waals surface area contributed by atoms with Crippen LogP contribution in [0.1, 0.15) is 17.3 Å². The van der Waals surface area contributed by atoms with Crippen LogP contribution in [0, 0.1) is 0 Å². The van der Waals surface area contributed by atoms with E-state index in [1.807, 2.05) is 18.2 Å². The Morgan fingerprint density at radius 1 is 1.33 bits per heavy atom. The molecule has 0 amide bonds. The molecule has 94 valence electrons. The second-order valence-corrected chi connectivity index (χ2v) is 4.08. The van der Waals surface area contributed by atoms with Gasteiger partial charge in [0, 0.05) is 11.1 Å². The van der Waals surface area contributed by atoms with Gasteiger partial charge in [0.25, 0.3) is 0 Å². The topological polar surface area (TPSA) is 73.1 Å². The maximum Gasteiger partial charge on any atom is 0.216 e. The Bertz CT molecular complexity index is 535. The first-order valence-corrected chi connectivity index (χ1v) is 5.70. The number of nitrogens with zero attached hydrogens (tertiary/aromatic N) is 2. The van der Waals surface area contributed by atoms with Crippen molar-refractivity contribution in [3.05, 3.63) is 52.9 Å². The summed E-state index contributed by atoms with van der Waals surface area (Å²) in [7, 11) is 1.55. The smallest absolute Gasteiger partial charge is 0.216 e. The lowest BCUT2D eigenvalue weighted by atomic mass is 10.0. The van der Waals surface area contributed by atoms with E-state index in [1.54, 1.807) is 19.2 Å². The van der Waals surface area contributed by atoms with Crippen molar-refractivity contribution in [2.45, 2.75) is 6.04 Å². The van der Waals surface area contributed by atoms with E-state index >= 15 is 0 Å². The molecule has 3 N–H and O–H groups in total. The minimum Gasteiger partial charge on any atom is -0.481 e. The van der Waals surface area contributed by atoms with Crippen LogP contribution in [0.15, 0.2) is 36.7 Å². The third-order valence-corrected chi connectivity index (χ3v) is 2.75. The van der Waals surface area contributed by atoms with Gasteiger partial charge in [0.2, 0.25) is 5.88 Å². The Hall–Kier alpha value is -1.69. The lowest BCUT2D eigenvalue weighted by Gasteiger charge is -2.16. The quantitative estimate of drug-likeness (QED) is 0.649. The van der Waals surface area contributed by atoms with Gasteiger partial charge in [0.1, 0.15) is 6.33 Å². The second-order valence-electron chi connectivity index (χ2n) is 3.64. The van der Waals surface area contributed by atoms with Crippen molar-refractivity contribution in [3.63, 3.8) is 0 Å². The number of halogens is 1. The highest BCUT2D eigenvalue weighted by atomic mass is 35.5. The summed E-state index contributed by atoms with van der Waals surface area (Å²) in [4.78, 5) is 8.15. The van der Waals surface area contributed by atoms with Gasteiger partial charge in [-0.1, -0.05) is 23.7 Å². The van der Waals surface area contributed by atoms with Crippen molar-refractivity contribution < 1.29 is 4.74 Å². The number of nitrogens with one attached hydrogen (secondary N) is 1. The van der Waals surface area contributed by atoms with Crippen LogP contribution in [0.2, 0.25) is 5.02 Å². The lowest BCUT2D eigenvalue weighted by molar-refractivity contribution is 0.395. The van der Waals surface area contributed by atoms with E-state index < -0.39 is 0 Å². The lowest BCUT2D eigenvalue weighted by Crippen LogP contribution is -2.29. The Balaban J connectivity index is 2.38. The molecule has 1 heterocycles. The summed E-state index contributed by atoms with van der Waals surface area (Å²) in [6.45, 7) is 0. The van der Waals surface area contributed by atoms with Crippen LogP contribution in [-0.2, 0) is 0 Å². The molecule has 0 saturated carbocycles. The van der Waals surface area contributed by atoms with Gasteiger partial charge in [-0.25, -0.2) is 15.4 Å². The molecular formula is C12H13ClN4O. The fourth-order valence-corrected chi connectivity index (χ4v) is 1.86. The van der Waals surface area contributed by atoms with Gasteiger partial charge in [0.15, 0.2) is 0 Å². The molecule has 0 aliphatic rings. The van der Waals surface area contributed by atoms with E-state index in [4.69, 9.17) is 22.2 Å². The third kappa shape index (κ3) is 2.76. The molecule has 1 aromatic heterocycles. The van der Waals surface area contributed by atoms with Gasteiger partial charge in [-0.3, -0.25) is 5.84 Å². The van der Waals surface area contributed by atoms with Gasteiger partial charge < -0.3 is 4.74 Å². The van der Waals surface area contributed by atoms with Crippen LogP contribution in [0.4, 0.5) is 0 Å². The highest BCUT2D eigenvalue weighted by Gasteiger charge is 2.15. The fourth-order valence-electron chi connectivity index (χ4n) is 1.66. The SMILES string of the molecule is COc1cc(C(NN)c2cccc(Cl)c2)ncn1. The Labute approximate surface area is 110 Å². The van der Waals surface area contributed by atoms with Crippen molar-refractivity contribution in [3.8, 4) is 5.88 Å². The maximum atomic E-state index is 5.97. The van der Waals surface area contributed by atoms with Crippen LogP contribution in [-0.4, -0.2) is 17.1 Å². The second kappa shape index (κ2) is 5.77. The van der Waals surface area contributed by atoms with E-state index in [-0.39, 0.29) is 6.04 Å². The first-order valence-electron chi connectivity index (χ1n) is 5.32. The van der Waals surface area contributed by atoms with E-state index in [0.717, 1.165) is 5.56 Å². The Morgan fingerprint density at radius 2 is 2.17 bits per heavy atom. The predicted molar refractivity (Wildman–Crippen MR) is 69.2 cm³/mol. The number of benzene rings is 1. The van der Waals surface area contributed by atoms with Gasteiger partial charge in [-0.2, -0.15) is 0 Å². The molecule has 2 rings (SSSR count). The molecule has 1 aromatic carbocycles. The van der Waals surface area contributed by atoms with Crippen LogP contribution in [0.3, 0.4) is 0 Å². The molecule has 0 radical (unpaired) electrons. The van der Waals surface area contributed by atoms with Crippen LogP contribution in [0.25, 0.3) is 0 Å². The van der Waals surface area contributed by atoms with Gasteiger partial charge in [0.05, 0.1) is 18.8 Å². The average Bonchev–Trinajstić information content (AvgIpc) is 2.40. The highest BCUT2D eigenvalue weighted by molar-refractivity contribution is 6.30. The van der Waals surface area contributed by atoms with Crippen LogP contribution < -0.4 is 16.0 Å². The number of hydrogen-bond acceptors (Lipinski definition) is 5. The molecule has 0 saturated heterocycles. The summed E-state index contributed by atoms with van der Waals surface area (Å²) in [5.41, 5.74) is 4.35. The first kappa shape index (κ1) is 12.8. The van der Waals surface area contributed by atoms with Gasteiger partial charge in [-0.05, 0) is 17.7 Å². The average molecular weight is 265 g/mol. The summed E-state index contributed by atoms with van der Waals surface area (Å²) < 4.78 is 5.06. The molecule has 0 bridgehead atoms. The molecule has 6 heteroatoms. The summed E-state index contributed by atoms with van der Waals surface area (Å²) in [6.07, 6.45) is 1.43. The van der Waals surface area contributed by atoms with Crippen molar-refractivity contribution in [1.29, 1.82) is 0 Å². The molecule has 5 nitrogen and oxygen atoms in total. The molecular weight excluding hydrogens is 252 g/mol. The Kier molecular flexibility index (Phi) is 4.09. The normalized spacial score (nSPS) is 12.2. The number of hydrogen-bond donors (Lipinski definition) is 2. The number of hydrazine groups is 1. The van der Waals surface area contributed by atoms with Crippen molar-refractivity contribution >= 4 is 11.6 Å². The summed E-state index contributed by atoms with van der Waals surface area (Å²) in [5.74, 6) is 6.07. The molecule has 0 spiro atoms. The minimum absolute atomic E-state index is 0.263. The largest absolute Gasteiger partial charge is 0.481 e. The predicted octanol–water partition coefficient (Wildman–Crippen LogP) is 1.69. The zero-order valence-corrected chi connectivity index (χ0v) is 10.6. The van der Waals surface area contributed by atoms with E-state index in [9.17, 15) is 0 Å². The minimum atomic E-state index is -0.263. The fraction of sp³-hybridized carbons (Fsp3) is 0.167. The number of methoxy groups -OCH3 is 1. The summed E-state index contributed by atoms with van der Waals surface area (Å²) in [6, 6.07) is 8.89. The molecule has 0 fully saturated rings. The van der Waals surface area contributed by atoms with Crippen LogP contribution in [0.5, 0.6) is 5.88 Å². The van der Waals surface area contributed by atoms with E-state index in [2.05, 4.69) is 15.4 Å². The highest BCUT2D eigenvalue weighted by Crippen LogP contribution is 2.23. The number of ether oxygens (including phenoxy) is 1. The monoisotopic (exact) mass is 264 g/mol. The standard InChI is InChI=1S/C12H13ClN4O/c1-18-11-6-10(15-7-16-11)12(17-14)8-3-2-4-9(13)5-8/h2-7,12,17H,14H2,1H3. The molecule has 0 aliphatic heterocycles. The third-order valence-electron chi connectivity index (χ3n) is 2.52.